The molecule has 0 aliphatic carbocycles. The van der Waals surface area contributed by atoms with Crippen molar-refractivity contribution in [3.63, 3.8) is 0 Å². The normalized spacial score (nSPS) is 14.7. The lowest BCUT2D eigenvalue weighted by atomic mass is 10.2. The van der Waals surface area contributed by atoms with Crippen molar-refractivity contribution in [2.24, 2.45) is 0 Å². The number of allylic oxidation sites excluding steroid dienone is 1. The number of hydrogen-bond donors (Lipinski definition) is 2. The molecule has 0 bridgehead atoms. The third kappa shape index (κ3) is 6.74. The van der Waals surface area contributed by atoms with E-state index in [0.29, 0.717) is 18.4 Å². The molecule has 0 heterocycles. The molecule has 0 aliphatic heterocycles. The molecule has 0 aromatic heterocycles. The largest absolute Gasteiger partial charge is 0.472 e. The molecular formula is C9H17O6P. The van der Waals surface area contributed by atoms with Crippen LogP contribution in [0.2, 0.25) is 0 Å². The SMILES string of the molecule is CCC=C(CC)C(=O)OC(C)OP(=O)(O)O. The molecule has 0 aromatic rings. The van der Waals surface area contributed by atoms with Crippen LogP contribution >= 0.6 is 7.82 Å². The van der Waals surface area contributed by atoms with Crippen molar-refractivity contribution in [2.75, 3.05) is 0 Å². The van der Waals surface area contributed by atoms with Crippen LogP contribution in [0.4, 0.5) is 0 Å². The molecule has 0 fully saturated rings. The van der Waals surface area contributed by atoms with Gasteiger partial charge in [0.2, 0.25) is 6.29 Å². The summed E-state index contributed by atoms with van der Waals surface area (Å²) in [6.07, 6.45) is 1.61. The standard InChI is InChI=1S/C9H17O6P/c1-4-6-8(5-2)9(10)14-7(3)15-16(11,12)13/h6-7H,4-5H2,1-3H3,(H2,11,12,13). The van der Waals surface area contributed by atoms with Crippen molar-refractivity contribution in [2.45, 2.75) is 39.9 Å². The minimum absolute atomic E-state index is 0.462. The number of phosphoric acid groups is 1. The molecule has 7 heteroatoms. The second-order valence-electron chi connectivity index (χ2n) is 3.06. The van der Waals surface area contributed by atoms with Crippen LogP contribution in [0.15, 0.2) is 11.6 Å². The summed E-state index contributed by atoms with van der Waals surface area (Å²) in [4.78, 5) is 28.4. The van der Waals surface area contributed by atoms with E-state index in [9.17, 15) is 9.36 Å². The lowest BCUT2D eigenvalue weighted by molar-refractivity contribution is -0.158. The van der Waals surface area contributed by atoms with Gasteiger partial charge in [-0.3, -0.25) is 0 Å². The van der Waals surface area contributed by atoms with Gasteiger partial charge in [-0.1, -0.05) is 19.9 Å². The van der Waals surface area contributed by atoms with E-state index in [-0.39, 0.29) is 0 Å². The van der Waals surface area contributed by atoms with Gasteiger partial charge >= 0.3 is 13.8 Å². The van der Waals surface area contributed by atoms with Gasteiger partial charge in [-0.2, -0.15) is 0 Å². The van der Waals surface area contributed by atoms with E-state index >= 15 is 0 Å². The number of phosphoric ester groups is 1. The Morgan fingerprint density at radius 3 is 2.38 bits per heavy atom. The highest BCUT2D eigenvalue weighted by Gasteiger charge is 2.22. The predicted octanol–water partition coefficient (Wildman–Crippen LogP) is 1.73. The molecular weight excluding hydrogens is 235 g/mol. The van der Waals surface area contributed by atoms with Crippen LogP contribution in [-0.4, -0.2) is 22.0 Å². The molecule has 0 amide bonds. The molecule has 1 unspecified atom stereocenters. The zero-order valence-electron chi connectivity index (χ0n) is 9.54. The zero-order valence-corrected chi connectivity index (χ0v) is 10.4. The quantitative estimate of drug-likeness (QED) is 0.323. The summed E-state index contributed by atoms with van der Waals surface area (Å²) in [6, 6.07) is 0. The molecule has 0 aromatic carbocycles. The summed E-state index contributed by atoms with van der Waals surface area (Å²) in [5.74, 6) is -0.620. The van der Waals surface area contributed by atoms with Crippen LogP contribution in [-0.2, 0) is 18.6 Å². The van der Waals surface area contributed by atoms with E-state index in [4.69, 9.17) is 14.5 Å². The van der Waals surface area contributed by atoms with Gasteiger partial charge in [0.1, 0.15) is 0 Å². The molecule has 0 radical (unpaired) electrons. The van der Waals surface area contributed by atoms with Crippen molar-refractivity contribution in [3.8, 4) is 0 Å². The van der Waals surface area contributed by atoms with Crippen molar-refractivity contribution in [3.05, 3.63) is 11.6 Å². The fourth-order valence-electron chi connectivity index (χ4n) is 1.06. The Morgan fingerprint density at radius 1 is 1.44 bits per heavy atom. The molecule has 0 saturated heterocycles. The fraction of sp³-hybridized carbons (Fsp3) is 0.667. The van der Waals surface area contributed by atoms with Crippen molar-refractivity contribution < 1.29 is 28.4 Å². The average Bonchev–Trinajstić information content (AvgIpc) is 2.10. The number of ether oxygens (including phenoxy) is 1. The molecule has 0 spiro atoms. The maximum atomic E-state index is 11.4. The third-order valence-electron chi connectivity index (χ3n) is 1.65. The lowest BCUT2D eigenvalue weighted by Gasteiger charge is -2.15. The number of rotatable bonds is 6. The van der Waals surface area contributed by atoms with Gasteiger partial charge in [0.05, 0.1) is 0 Å². The minimum atomic E-state index is -4.63. The van der Waals surface area contributed by atoms with Crippen LogP contribution in [0.25, 0.3) is 0 Å². The number of hydrogen-bond acceptors (Lipinski definition) is 4. The fourth-order valence-corrected chi connectivity index (χ4v) is 1.49. The summed E-state index contributed by atoms with van der Waals surface area (Å²) in [5, 5.41) is 0. The highest BCUT2D eigenvalue weighted by atomic mass is 31.2. The van der Waals surface area contributed by atoms with Gasteiger partial charge in [-0.25, -0.2) is 13.9 Å². The Hall–Kier alpha value is -0.680. The van der Waals surface area contributed by atoms with Crippen LogP contribution in [0.5, 0.6) is 0 Å². The second-order valence-corrected chi connectivity index (χ2v) is 4.25. The summed E-state index contributed by atoms with van der Waals surface area (Å²) < 4.78 is 19.3. The maximum absolute atomic E-state index is 11.4. The minimum Gasteiger partial charge on any atom is -0.432 e. The molecule has 2 N–H and O–H groups in total. The molecule has 6 nitrogen and oxygen atoms in total. The summed E-state index contributed by atoms with van der Waals surface area (Å²) in [6.45, 7) is 4.91. The molecule has 94 valence electrons. The van der Waals surface area contributed by atoms with E-state index in [0.717, 1.165) is 0 Å². The Balaban J connectivity index is 4.34. The van der Waals surface area contributed by atoms with Crippen LogP contribution in [0.3, 0.4) is 0 Å². The Labute approximate surface area is 94.5 Å². The summed E-state index contributed by atoms with van der Waals surface area (Å²) in [5.41, 5.74) is 0.462. The van der Waals surface area contributed by atoms with Crippen molar-refractivity contribution in [1.82, 2.24) is 0 Å². The molecule has 0 aliphatic rings. The maximum Gasteiger partial charge on any atom is 0.472 e. The topological polar surface area (TPSA) is 93.1 Å². The van der Waals surface area contributed by atoms with Crippen LogP contribution in [0.1, 0.15) is 33.6 Å². The van der Waals surface area contributed by atoms with E-state index in [1.807, 2.05) is 6.92 Å². The summed E-state index contributed by atoms with van der Waals surface area (Å²) >= 11 is 0. The Bertz CT molecular complexity index is 305. The smallest absolute Gasteiger partial charge is 0.432 e. The lowest BCUT2D eigenvalue weighted by Crippen LogP contribution is -2.18. The van der Waals surface area contributed by atoms with Crippen LogP contribution in [0, 0.1) is 0 Å². The molecule has 1 atom stereocenters. The van der Waals surface area contributed by atoms with Gasteiger partial charge in [0, 0.05) is 5.57 Å². The highest BCUT2D eigenvalue weighted by molar-refractivity contribution is 7.46. The van der Waals surface area contributed by atoms with E-state index in [2.05, 4.69) is 4.52 Å². The van der Waals surface area contributed by atoms with Gasteiger partial charge in [-0.05, 0) is 19.8 Å². The molecule has 0 saturated carbocycles. The zero-order chi connectivity index (χ0) is 12.8. The van der Waals surface area contributed by atoms with E-state index in [1.54, 1.807) is 13.0 Å². The van der Waals surface area contributed by atoms with E-state index < -0.39 is 20.1 Å². The van der Waals surface area contributed by atoms with Crippen LogP contribution < -0.4 is 0 Å². The first kappa shape index (κ1) is 15.3. The third-order valence-corrected chi connectivity index (χ3v) is 2.22. The first-order valence-electron chi connectivity index (χ1n) is 4.94. The van der Waals surface area contributed by atoms with Crippen molar-refractivity contribution >= 4 is 13.8 Å². The van der Waals surface area contributed by atoms with Gasteiger partial charge in [0.15, 0.2) is 0 Å². The Morgan fingerprint density at radius 2 is 2.00 bits per heavy atom. The number of carbonyl (C=O) groups is 1. The van der Waals surface area contributed by atoms with Gasteiger partial charge in [0.25, 0.3) is 0 Å². The predicted molar refractivity (Wildman–Crippen MR) is 57.3 cm³/mol. The van der Waals surface area contributed by atoms with Gasteiger partial charge < -0.3 is 14.5 Å². The van der Waals surface area contributed by atoms with Crippen molar-refractivity contribution in [1.29, 1.82) is 0 Å². The number of esters is 1. The monoisotopic (exact) mass is 252 g/mol. The molecule has 0 rings (SSSR count). The first-order chi connectivity index (χ1) is 7.30. The molecule has 16 heavy (non-hydrogen) atoms. The van der Waals surface area contributed by atoms with Gasteiger partial charge in [-0.15, -0.1) is 0 Å². The average molecular weight is 252 g/mol. The first-order valence-corrected chi connectivity index (χ1v) is 6.47. The summed E-state index contributed by atoms with van der Waals surface area (Å²) in [7, 11) is -4.63. The Kier molecular flexibility index (Phi) is 6.52. The highest BCUT2D eigenvalue weighted by Crippen LogP contribution is 2.37. The number of carbonyl (C=O) groups excluding carboxylic acids is 1. The second kappa shape index (κ2) is 6.81. The van der Waals surface area contributed by atoms with E-state index in [1.165, 1.54) is 6.92 Å².